The van der Waals surface area contributed by atoms with Crippen molar-refractivity contribution in [3.05, 3.63) is 76.3 Å². The SMILES string of the molecule is CC(C)(CC1CCCC(c2cnc(N)c(-c3ccc(C(=O)N[C@H](CO)c4cccc(Cl)c4)c(F)c3)n2)C1)[Si](C)(C)O. The number of nitrogen functional groups attached to an aromatic ring is 1. The van der Waals surface area contributed by atoms with Gasteiger partial charge >= 0.3 is 0 Å². The van der Waals surface area contributed by atoms with Gasteiger partial charge in [0.15, 0.2) is 8.32 Å². The Kier molecular flexibility index (Phi) is 9.53. The van der Waals surface area contributed by atoms with Crippen molar-refractivity contribution in [2.75, 3.05) is 12.3 Å². The van der Waals surface area contributed by atoms with Crippen LogP contribution in [-0.2, 0) is 0 Å². The Morgan fingerprint density at radius 3 is 2.66 bits per heavy atom. The largest absolute Gasteiger partial charge is 0.432 e. The number of carbonyl (C=O) groups excluding carboxylic acids is 1. The number of anilines is 1. The summed E-state index contributed by atoms with van der Waals surface area (Å²) in [6, 6.07) is 10.3. The minimum absolute atomic E-state index is 0.0889. The highest BCUT2D eigenvalue weighted by atomic mass is 35.5. The van der Waals surface area contributed by atoms with Crippen LogP contribution in [0.3, 0.4) is 0 Å². The predicted molar refractivity (Wildman–Crippen MR) is 164 cm³/mol. The van der Waals surface area contributed by atoms with Crippen molar-refractivity contribution in [1.82, 2.24) is 15.3 Å². The zero-order chi connectivity index (χ0) is 29.9. The van der Waals surface area contributed by atoms with Crippen LogP contribution in [-0.4, -0.2) is 40.7 Å². The fourth-order valence-corrected chi connectivity index (χ4v) is 6.56. The van der Waals surface area contributed by atoms with Gasteiger partial charge in [-0.2, -0.15) is 0 Å². The first-order chi connectivity index (χ1) is 19.3. The fraction of sp³-hybridized carbons (Fsp3) is 0.452. The van der Waals surface area contributed by atoms with Gasteiger partial charge in [-0.05, 0) is 73.1 Å². The molecule has 0 radical (unpaired) electrons. The zero-order valence-corrected chi connectivity index (χ0v) is 25.9. The molecule has 0 spiro atoms. The molecule has 3 atom stereocenters. The number of nitrogens with two attached hydrogens (primary N) is 1. The number of nitrogens with zero attached hydrogens (tertiary/aromatic N) is 2. The van der Waals surface area contributed by atoms with E-state index < -0.39 is 26.1 Å². The number of halogens is 2. The predicted octanol–water partition coefficient (Wildman–Crippen LogP) is 6.62. The van der Waals surface area contributed by atoms with Crippen molar-refractivity contribution < 1.29 is 19.1 Å². The second-order valence-electron chi connectivity index (χ2n) is 12.4. The topological polar surface area (TPSA) is 121 Å². The minimum Gasteiger partial charge on any atom is -0.432 e. The summed E-state index contributed by atoms with van der Waals surface area (Å²) >= 11 is 6.04. The number of aromatic nitrogens is 2. The molecule has 1 saturated carbocycles. The molecule has 2 unspecified atom stereocenters. The van der Waals surface area contributed by atoms with Gasteiger partial charge < -0.3 is 21.0 Å². The van der Waals surface area contributed by atoms with Crippen LogP contribution in [0.15, 0.2) is 48.7 Å². The van der Waals surface area contributed by atoms with Gasteiger partial charge in [0.25, 0.3) is 5.91 Å². The Morgan fingerprint density at radius 2 is 2.00 bits per heavy atom. The number of benzene rings is 2. The fourth-order valence-electron chi connectivity index (χ4n) is 5.58. The molecule has 2 aromatic carbocycles. The highest BCUT2D eigenvalue weighted by Gasteiger charge is 2.40. The van der Waals surface area contributed by atoms with E-state index in [1.54, 1.807) is 36.5 Å². The lowest BCUT2D eigenvalue weighted by Gasteiger charge is -2.40. The average molecular weight is 599 g/mol. The van der Waals surface area contributed by atoms with Gasteiger partial charge in [0, 0.05) is 16.5 Å². The monoisotopic (exact) mass is 598 g/mol. The summed E-state index contributed by atoms with van der Waals surface area (Å²) in [6.45, 7) is 7.98. The third kappa shape index (κ3) is 7.33. The smallest absolute Gasteiger partial charge is 0.254 e. The molecule has 0 bridgehead atoms. The Labute approximate surface area is 247 Å². The molecule has 4 rings (SSSR count). The van der Waals surface area contributed by atoms with Gasteiger partial charge in [-0.15, -0.1) is 0 Å². The minimum atomic E-state index is -2.31. The first-order valence-corrected chi connectivity index (χ1v) is 17.4. The highest BCUT2D eigenvalue weighted by molar-refractivity contribution is 6.72. The first kappa shape index (κ1) is 31.1. The average Bonchev–Trinajstić information content (AvgIpc) is 2.91. The van der Waals surface area contributed by atoms with Gasteiger partial charge in [-0.25, -0.2) is 14.4 Å². The molecule has 1 aliphatic carbocycles. The Balaban J connectivity index is 1.52. The molecule has 0 saturated heterocycles. The molecule has 41 heavy (non-hydrogen) atoms. The molecular weight excluding hydrogens is 559 g/mol. The van der Waals surface area contributed by atoms with Crippen molar-refractivity contribution in [1.29, 1.82) is 0 Å². The lowest BCUT2D eigenvalue weighted by Crippen LogP contribution is -2.40. The van der Waals surface area contributed by atoms with Crippen LogP contribution in [0.2, 0.25) is 23.2 Å². The van der Waals surface area contributed by atoms with Gasteiger partial charge in [0.2, 0.25) is 0 Å². The maximum absolute atomic E-state index is 15.2. The van der Waals surface area contributed by atoms with Gasteiger partial charge in [-0.1, -0.05) is 56.5 Å². The zero-order valence-electron chi connectivity index (χ0n) is 24.1. The normalized spacial score (nSPS) is 18.6. The standard InChI is InChI=1S/C31H40ClFN4O3Si/c1-31(2,41(3,4)40)16-19-7-5-8-20(13-19)26-17-35-29(34)28(36-26)22-11-12-24(25(33)15-22)30(39)37-27(18-38)21-9-6-10-23(32)14-21/h6,9-12,14-15,17,19-20,27,38,40H,5,7-8,13,16,18H2,1-4H3,(H2,34,35)(H,37,39)/t19?,20?,27-/m1/s1. The van der Waals surface area contributed by atoms with Crippen LogP contribution >= 0.6 is 11.6 Å². The van der Waals surface area contributed by atoms with Crippen molar-refractivity contribution in [3.8, 4) is 11.3 Å². The molecule has 1 fully saturated rings. The van der Waals surface area contributed by atoms with E-state index in [0.717, 1.165) is 37.8 Å². The number of carbonyl (C=O) groups is 1. The Hall–Kier alpha value is -2.85. The van der Waals surface area contributed by atoms with Crippen LogP contribution in [0, 0.1) is 11.7 Å². The Morgan fingerprint density at radius 1 is 1.24 bits per heavy atom. The van der Waals surface area contributed by atoms with E-state index in [0.29, 0.717) is 27.8 Å². The summed E-state index contributed by atoms with van der Waals surface area (Å²) in [5.41, 5.74) is 8.27. The molecule has 10 heteroatoms. The number of hydrogen-bond donors (Lipinski definition) is 4. The van der Waals surface area contributed by atoms with Crippen LogP contribution in [0.25, 0.3) is 11.3 Å². The number of amides is 1. The summed E-state index contributed by atoms with van der Waals surface area (Å²) in [5, 5.41) is 12.9. The number of aliphatic hydroxyl groups is 1. The van der Waals surface area contributed by atoms with Crippen LogP contribution in [0.5, 0.6) is 0 Å². The lowest BCUT2D eigenvalue weighted by molar-refractivity contribution is 0.0912. The lowest BCUT2D eigenvalue weighted by atomic mass is 9.76. The number of rotatable bonds is 9. The maximum Gasteiger partial charge on any atom is 0.254 e. The molecule has 1 aliphatic rings. The van der Waals surface area contributed by atoms with E-state index in [1.165, 1.54) is 12.1 Å². The summed E-state index contributed by atoms with van der Waals surface area (Å²) in [5.74, 6) is -0.517. The molecular formula is C31H40ClFN4O3Si. The van der Waals surface area contributed by atoms with Crippen molar-refractivity contribution >= 4 is 31.6 Å². The quantitative estimate of drug-likeness (QED) is 0.205. The van der Waals surface area contributed by atoms with Crippen molar-refractivity contribution in [3.63, 3.8) is 0 Å². The summed E-state index contributed by atoms with van der Waals surface area (Å²) in [4.78, 5) is 32.9. The third-order valence-electron chi connectivity index (χ3n) is 8.70. The van der Waals surface area contributed by atoms with E-state index in [9.17, 15) is 14.7 Å². The van der Waals surface area contributed by atoms with Gasteiger partial charge in [-0.3, -0.25) is 4.79 Å². The van der Waals surface area contributed by atoms with E-state index in [-0.39, 0.29) is 28.9 Å². The van der Waals surface area contributed by atoms with Crippen LogP contribution in [0.4, 0.5) is 10.2 Å². The second kappa shape index (κ2) is 12.6. The molecule has 1 heterocycles. The summed E-state index contributed by atoms with van der Waals surface area (Å²) in [6.07, 6.45) is 6.83. The van der Waals surface area contributed by atoms with E-state index >= 15 is 4.39 Å². The van der Waals surface area contributed by atoms with Crippen molar-refractivity contribution in [2.24, 2.45) is 5.92 Å². The van der Waals surface area contributed by atoms with Gasteiger partial charge in [0.05, 0.1) is 30.1 Å². The Bertz CT molecular complexity index is 1400. The molecule has 3 aromatic rings. The summed E-state index contributed by atoms with van der Waals surface area (Å²) in [7, 11) is -2.31. The van der Waals surface area contributed by atoms with Crippen LogP contribution in [0.1, 0.15) is 79.5 Å². The van der Waals surface area contributed by atoms with Gasteiger partial charge in [0.1, 0.15) is 17.3 Å². The molecule has 1 amide bonds. The van der Waals surface area contributed by atoms with E-state index in [4.69, 9.17) is 22.3 Å². The van der Waals surface area contributed by atoms with Crippen LogP contribution < -0.4 is 11.1 Å². The highest BCUT2D eigenvalue weighted by Crippen LogP contribution is 2.47. The van der Waals surface area contributed by atoms with Crippen molar-refractivity contribution in [2.45, 2.75) is 76.0 Å². The molecule has 220 valence electrons. The van der Waals surface area contributed by atoms with E-state index in [1.807, 2.05) is 13.1 Å². The molecule has 0 aliphatic heterocycles. The maximum atomic E-state index is 15.2. The third-order valence-corrected chi connectivity index (χ3v) is 12.5. The second-order valence-corrected chi connectivity index (χ2v) is 17.3. The van der Waals surface area contributed by atoms with E-state index in [2.05, 4.69) is 24.1 Å². The number of hydrogen-bond acceptors (Lipinski definition) is 6. The molecule has 1 aromatic heterocycles. The first-order valence-electron chi connectivity index (χ1n) is 14.1. The molecule has 7 nitrogen and oxygen atoms in total. The summed E-state index contributed by atoms with van der Waals surface area (Å²) < 4.78 is 15.2. The number of nitrogens with one attached hydrogen (secondary N) is 1. The number of aliphatic hydroxyl groups excluding tert-OH is 1. The molecule has 5 N–H and O–H groups in total.